The van der Waals surface area contributed by atoms with Crippen LogP contribution in [0.3, 0.4) is 0 Å². The Morgan fingerprint density at radius 1 is 1.16 bits per heavy atom. The number of nitrogens with zero attached hydrogens (tertiary/aromatic N) is 2. The lowest BCUT2D eigenvalue weighted by molar-refractivity contribution is -0.137. The molecule has 0 aromatic heterocycles. The Kier molecular flexibility index (Phi) is 6.27. The number of hydrogen-bond donors (Lipinski definition) is 2. The minimum atomic E-state index is -0.801. The highest BCUT2D eigenvalue weighted by atomic mass is 16.5. The van der Waals surface area contributed by atoms with Crippen molar-refractivity contribution in [1.29, 1.82) is 5.26 Å². The molecular weight excluding hydrogens is 402 g/mol. The molecule has 0 radical (unpaired) electrons. The average molecular weight is 428 g/mol. The first-order valence-electron chi connectivity index (χ1n) is 10.7. The summed E-state index contributed by atoms with van der Waals surface area (Å²) in [5.41, 5.74) is 5.30. The fourth-order valence-electron chi connectivity index (χ4n) is 4.06. The van der Waals surface area contributed by atoms with Crippen molar-refractivity contribution in [3.63, 3.8) is 0 Å². The van der Waals surface area contributed by atoms with Gasteiger partial charge in [0.2, 0.25) is 0 Å². The van der Waals surface area contributed by atoms with E-state index in [1.54, 1.807) is 12.1 Å². The van der Waals surface area contributed by atoms with Gasteiger partial charge in [0.15, 0.2) is 0 Å². The van der Waals surface area contributed by atoms with Gasteiger partial charge in [0.05, 0.1) is 41.7 Å². The van der Waals surface area contributed by atoms with E-state index < -0.39 is 5.97 Å². The number of rotatable bonds is 7. The maximum absolute atomic E-state index is 11.4. The predicted octanol–water partition coefficient (Wildman–Crippen LogP) is 5.80. The lowest BCUT2D eigenvalue weighted by Crippen LogP contribution is -2.29. The molecule has 32 heavy (non-hydrogen) atoms. The van der Waals surface area contributed by atoms with Crippen LogP contribution in [-0.4, -0.2) is 24.2 Å². The summed E-state index contributed by atoms with van der Waals surface area (Å²) in [5, 5.41) is 21.9. The zero-order valence-electron chi connectivity index (χ0n) is 17.9. The zero-order chi connectivity index (χ0) is 22.5. The van der Waals surface area contributed by atoms with Gasteiger partial charge in [0.1, 0.15) is 12.4 Å². The molecule has 6 nitrogen and oxygen atoms in total. The first-order valence-corrected chi connectivity index (χ1v) is 10.7. The van der Waals surface area contributed by atoms with E-state index in [0.29, 0.717) is 18.7 Å². The molecule has 1 aliphatic heterocycles. The average Bonchev–Trinajstić information content (AvgIpc) is 2.82. The SMILES string of the molecule is CC[C@H](CC(=O)O)c1ccc(N2CCOc3ccccc32)c(Nc2ccc(C#N)cc2)c1. The molecule has 1 aliphatic rings. The van der Waals surface area contributed by atoms with Gasteiger partial charge in [-0.3, -0.25) is 4.79 Å². The monoisotopic (exact) mass is 427 g/mol. The van der Waals surface area contributed by atoms with Crippen LogP contribution in [0.1, 0.15) is 36.8 Å². The Morgan fingerprint density at radius 3 is 2.66 bits per heavy atom. The van der Waals surface area contributed by atoms with Crippen LogP contribution in [-0.2, 0) is 4.79 Å². The number of carbonyl (C=O) groups is 1. The number of fused-ring (bicyclic) bond motifs is 1. The minimum absolute atomic E-state index is 0.0694. The smallest absolute Gasteiger partial charge is 0.303 e. The van der Waals surface area contributed by atoms with Crippen LogP contribution in [0, 0.1) is 11.3 Å². The van der Waals surface area contributed by atoms with Crippen LogP contribution in [0.15, 0.2) is 66.7 Å². The van der Waals surface area contributed by atoms with E-state index in [0.717, 1.165) is 40.5 Å². The molecule has 0 aliphatic carbocycles. The van der Waals surface area contributed by atoms with Gasteiger partial charge >= 0.3 is 5.97 Å². The largest absolute Gasteiger partial charge is 0.490 e. The van der Waals surface area contributed by atoms with Crippen molar-refractivity contribution in [2.24, 2.45) is 0 Å². The number of carboxylic acid groups (broad SMARTS) is 1. The Labute approximate surface area is 187 Å². The number of nitriles is 1. The molecule has 3 aromatic rings. The number of benzene rings is 3. The second-order valence-electron chi connectivity index (χ2n) is 7.76. The van der Waals surface area contributed by atoms with E-state index in [4.69, 9.17) is 10.00 Å². The summed E-state index contributed by atoms with van der Waals surface area (Å²) in [6, 6.07) is 23.5. The number of hydrogen-bond acceptors (Lipinski definition) is 5. The maximum atomic E-state index is 11.4. The highest BCUT2D eigenvalue weighted by Crippen LogP contribution is 2.41. The van der Waals surface area contributed by atoms with Crippen molar-refractivity contribution < 1.29 is 14.6 Å². The summed E-state index contributed by atoms with van der Waals surface area (Å²) >= 11 is 0. The molecule has 0 saturated carbocycles. The zero-order valence-corrected chi connectivity index (χ0v) is 17.9. The van der Waals surface area contributed by atoms with Crippen LogP contribution in [0.5, 0.6) is 5.75 Å². The lowest BCUT2D eigenvalue weighted by Gasteiger charge is -2.33. The summed E-state index contributed by atoms with van der Waals surface area (Å²) in [6.07, 6.45) is 0.828. The molecular formula is C26H25N3O3. The van der Waals surface area contributed by atoms with Crippen molar-refractivity contribution in [1.82, 2.24) is 0 Å². The number of carboxylic acids is 1. The summed E-state index contributed by atoms with van der Waals surface area (Å²) in [6.45, 7) is 3.28. The summed E-state index contributed by atoms with van der Waals surface area (Å²) in [5.74, 6) is -0.0332. The van der Waals surface area contributed by atoms with Crippen LogP contribution >= 0.6 is 0 Å². The van der Waals surface area contributed by atoms with Gasteiger partial charge in [-0.1, -0.05) is 25.1 Å². The maximum Gasteiger partial charge on any atom is 0.303 e. The quantitative estimate of drug-likeness (QED) is 0.496. The van der Waals surface area contributed by atoms with Crippen molar-refractivity contribution in [3.8, 4) is 11.8 Å². The predicted molar refractivity (Wildman–Crippen MR) is 125 cm³/mol. The third-order valence-electron chi connectivity index (χ3n) is 5.72. The second-order valence-corrected chi connectivity index (χ2v) is 7.76. The Hall–Kier alpha value is -3.98. The fourth-order valence-corrected chi connectivity index (χ4v) is 4.06. The van der Waals surface area contributed by atoms with Crippen LogP contribution in [0.25, 0.3) is 0 Å². The summed E-state index contributed by atoms with van der Waals surface area (Å²) in [4.78, 5) is 13.6. The topological polar surface area (TPSA) is 85.6 Å². The molecule has 6 heteroatoms. The van der Waals surface area contributed by atoms with E-state index in [-0.39, 0.29) is 12.3 Å². The summed E-state index contributed by atoms with van der Waals surface area (Å²) in [7, 11) is 0. The van der Waals surface area contributed by atoms with Crippen molar-refractivity contribution >= 4 is 28.7 Å². The first kappa shape index (κ1) is 21.3. The van der Waals surface area contributed by atoms with Crippen molar-refractivity contribution in [2.45, 2.75) is 25.7 Å². The number of ether oxygens (including phenoxy) is 1. The molecule has 1 heterocycles. The van der Waals surface area contributed by atoms with Gasteiger partial charge in [-0.25, -0.2) is 0 Å². The number of anilines is 4. The number of aliphatic carboxylic acids is 1. The third kappa shape index (κ3) is 4.52. The van der Waals surface area contributed by atoms with Crippen molar-refractivity contribution in [3.05, 3.63) is 77.9 Å². The van der Waals surface area contributed by atoms with Gasteiger partial charge in [0, 0.05) is 5.69 Å². The standard InChI is InChI=1S/C26H25N3O3/c1-2-19(16-26(30)31)20-9-12-23(29-13-14-32-25-6-4-3-5-24(25)29)22(15-20)28-21-10-7-18(17-27)8-11-21/h3-12,15,19,28H,2,13-14,16H2,1H3,(H,30,31)/t19-/m1/s1. The van der Waals surface area contributed by atoms with Crippen LogP contribution in [0.2, 0.25) is 0 Å². The van der Waals surface area contributed by atoms with Gasteiger partial charge < -0.3 is 20.1 Å². The highest BCUT2D eigenvalue weighted by molar-refractivity contribution is 5.83. The normalized spacial score (nSPS) is 13.4. The minimum Gasteiger partial charge on any atom is -0.490 e. The lowest BCUT2D eigenvalue weighted by atomic mass is 9.92. The molecule has 1 atom stereocenters. The summed E-state index contributed by atoms with van der Waals surface area (Å²) < 4.78 is 5.82. The number of para-hydroxylation sites is 2. The molecule has 0 spiro atoms. The van der Waals surface area contributed by atoms with Gasteiger partial charge in [-0.2, -0.15) is 5.26 Å². The molecule has 162 valence electrons. The molecule has 0 bridgehead atoms. The highest BCUT2D eigenvalue weighted by Gasteiger charge is 2.23. The van der Waals surface area contributed by atoms with Crippen LogP contribution < -0.4 is 15.0 Å². The number of nitrogens with one attached hydrogen (secondary N) is 1. The van der Waals surface area contributed by atoms with Crippen molar-refractivity contribution in [2.75, 3.05) is 23.4 Å². The third-order valence-corrected chi connectivity index (χ3v) is 5.72. The molecule has 0 amide bonds. The van der Waals surface area contributed by atoms with E-state index in [9.17, 15) is 9.90 Å². The van der Waals surface area contributed by atoms with E-state index in [1.807, 2.05) is 61.5 Å². The van der Waals surface area contributed by atoms with Gasteiger partial charge in [-0.05, 0) is 66.4 Å². The van der Waals surface area contributed by atoms with E-state index >= 15 is 0 Å². The molecule has 4 rings (SSSR count). The van der Waals surface area contributed by atoms with E-state index in [1.165, 1.54) is 0 Å². The molecule has 0 fully saturated rings. The Balaban J connectivity index is 1.77. The molecule has 0 unspecified atom stereocenters. The molecule has 0 saturated heterocycles. The Morgan fingerprint density at radius 2 is 1.94 bits per heavy atom. The van der Waals surface area contributed by atoms with Gasteiger partial charge in [0.25, 0.3) is 0 Å². The van der Waals surface area contributed by atoms with E-state index in [2.05, 4.69) is 16.3 Å². The van der Waals surface area contributed by atoms with Crippen LogP contribution in [0.4, 0.5) is 22.7 Å². The molecule has 2 N–H and O–H groups in total. The van der Waals surface area contributed by atoms with Gasteiger partial charge in [-0.15, -0.1) is 0 Å². The second kappa shape index (κ2) is 9.44. The fraction of sp³-hybridized carbons (Fsp3) is 0.231. The molecule has 3 aromatic carbocycles. The Bertz CT molecular complexity index is 1150. The first-order chi connectivity index (χ1) is 15.6.